The number of esters is 2. The van der Waals surface area contributed by atoms with Gasteiger partial charge in [0.15, 0.2) is 11.6 Å². The molecule has 0 atom stereocenters. The SMILES string of the molecule is CCOC(=O)c1[nH]c(C)c(C(=O)OCC(O)=C(C#N)c2nc3ccccc3[nH]2)c1C. The summed E-state index contributed by atoms with van der Waals surface area (Å²) < 4.78 is 10.1. The van der Waals surface area contributed by atoms with Crippen molar-refractivity contribution in [3.05, 3.63) is 58.4 Å². The second-order valence-corrected chi connectivity index (χ2v) is 6.46. The van der Waals surface area contributed by atoms with E-state index in [1.54, 1.807) is 39.0 Å². The zero-order chi connectivity index (χ0) is 21.8. The largest absolute Gasteiger partial charge is 0.507 e. The van der Waals surface area contributed by atoms with Crippen LogP contribution in [0.4, 0.5) is 0 Å². The molecule has 30 heavy (non-hydrogen) atoms. The Balaban J connectivity index is 1.81. The number of nitrogens with zero attached hydrogens (tertiary/aromatic N) is 2. The number of hydrogen-bond donors (Lipinski definition) is 3. The maximum absolute atomic E-state index is 12.5. The zero-order valence-electron chi connectivity index (χ0n) is 16.7. The molecule has 0 saturated carbocycles. The number of aromatic nitrogens is 3. The van der Waals surface area contributed by atoms with Crippen LogP contribution in [-0.4, -0.2) is 45.2 Å². The first kappa shape index (κ1) is 20.7. The van der Waals surface area contributed by atoms with E-state index in [1.165, 1.54) is 0 Å². The fourth-order valence-corrected chi connectivity index (χ4v) is 3.07. The number of aliphatic hydroxyl groups is 1. The van der Waals surface area contributed by atoms with Gasteiger partial charge in [0.05, 0.1) is 23.2 Å². The highest BCUT2D eigenvalue weighted by Crippen LogP contribution is 2.22. The number of ether oxygens (including phenoxy) is 2. The summed E-state index contributed by atoms with van der Waals surface area (Å²) in [7, 11) is 0. The number of nitriles is 1. The highest BCUT2D eigenvalue weighted by atomic mass is 16.5. The molecule has 9 nitrogen and oxygen atoms in total. The van der Waals surface area contributed by atoms with Crippen LogP contribution in [-0.2, 0) is 9.47 Å². The Hall–Kier alpha value is -4.06. The van der Waals surface area contributed by atoms with Crippen LogP contribution in [0.25, 0.3) is 16.6 Å². The maximum atomic E-state index is 12.5. The Morgan fingerprint density at radius 3 is 2.57 bits per heavy atom. The number of hydrogen-bond acceptors (Lipinski definition) is 7. The van der Waals surface area contributed by atoms with Gasteiger partial charge in [0.2, 0.25) is 0 Å². The zero-order valence-corrected chi connectivity index (χ0v) is 16.7. The average Bonchev–Trinajstić information content (AvgIpc) is 3.27. The molecule has 9 heteroatoms. The molecule has 0 unspecified atom stereocenters. The molecule has 2 heterocycles. The second kappa shape index (κ2) is 8.53. The number of carbonyl (C=O) groups excluding carboxylic acids is 2. The third kappa shape index (κ3) is 3.89. The number of aromatic amines is 2. The molecule has 0 fully saturated rings. The number of allylic oxidation sites excluding steroid dienone is 1. The Morgan fingerprint density at radius 1 is 1.17 bits per heavy atom. The van der Waals surface area contributed by atoms with Gasteiger partial charge in [-0.2, -0.15) is 5.26 Å². The van der Waals surface area contributed by atoms with Crippen LogP contribution in [0, 0.1) is 25.2 Å². The molecule has 0 spiro atoms. The van der Waals surface area contributed by atoms with Gasteiger partial charge < -0.3 is 24.5 Å². The molecule has 0 aliphatic carbocycles. The van der Waals surface area contributed by atoms with Gasteiger partial charge in [-0.05, 0) is 38.5 Å². The van der Waals surface area contributed by atoms with Crippen LogP contribution in [0.1, 0.15) is 44.9 Å². The predicted octanol–water partition coefficient (Wildman–Crippen LogP) is 3.33. The first-order chi connectivity index (χ1) is 14.4. The average molecular weight is 408 g/mol. The number of aryl methyl sites for hydroxylation is 1. The first-order valence-electron chi connectivity index (χ1n) is 9.18. The van der Waals surface area contributed by atoms with Gasteiger partial charge in [-0.3, -0.25) is 0 Å². The topological polar surface area (TPSA) is 141 Å². The molecular weight excluding hydrogens is 388 g/mol. The van der Waals surface area contributed by atoms with Crippen LogP contribution < -0.4 is 0 Å². The lowest BCUT2D eigenvalue weighted by atomic mass is 10.1. The van der Waals surface area contributed by atoms with Gasteiger partial charge in [0.25, 0.3) is 0 Å². The van der Waals surface area contributed by atoms with E-state index in [0.29, 0.717) is 22.3 Å². The summed E-state index contributed by atoms with van der Waals surface area (Å²) in [6.07, 6.45) is 0. The summed E-state index contributed by atoms with van der Waals surface area (Å²) >= 11 is 0. The quantitative estimate of drug-likeness (QED) is 0.323. The van der Waals surface area contributed by atoms with Gasteiger partial charge in [-0.15, -0.1) is 0 Å². The molecule has 3 rings (SSSR count). The molecule has 154 valence electrons. The van der Waals surface area contributed by atoms with E-state index in [2.05, 4.69) is 15.0 Å². The minimum absolute atomic E-state index is 0.131. The normalized spacial score (nSPS) is 11.7. The molecule has 0 radical (unpaired) electrons. The van der Waals surface area contributed by atoms with Crippen LogP contribution in [0.3, 0.4) is 0 Å². The Morgan fingerprint density at radius 2 is 1.90 bits per heavy atom. The number of benzene rings is 1. The summed E-state index contributed by atoms with van der Waals surface area (Å²) in [4.78, 5) is 34.6. The van der Waals surface area contributed by atoms with E-state index in [4.69, 9.17) is 9.47 Å². The minimum atomic E-state index is -0.745. The van der Waals surface area contributed by atoms with Gasteiger partial charge in [0, 0.05) is 5.69 Å². The fourth-order valence-electron chi connectivity index (χ4n) is 3.07. The van der Waals surface area contributed by atoms with Crippen LogP contribution in [0.15, 0.2) is 30.0 Å². The fraction of sp³-hybridized carbons (Fsp3) is 0.238. The predicted molar refractivity (Wildman–Crippen MR) is 108 cm³/mol. The van der Waals surface area contributed by atoms with Crippen molar-refractivity contribution >= 4 is 28.5 Å². The van der Waals surface area contributed by atoms with Crippen LogP contribution in [0.5, 0.6) is 0 Å². The lowest BCUT2D eigenvalue weighted by molar-refractivity contribution is 0.0501. The van der Waals surface area contributed by atoms with Crippen molar-refractivity contribution in [2.45, 2.75) is 20.8 Å². The standard InChI is InChI=1S/C21H20N4O5/c1-4-29-21(28)18-11(2)17(12(3)23-18)20(27)30-10-16(26)13(9-22)19-24-14-7-5-6-8-15(14)25-19/h5-8,23,26H,4,10H2,1-3H3,(H,24,25). The third-order valence-corrected chi connectivity index (χ3v) is 4.49. The summed E-state index contributed by atoms with van der Waals surface area (Å²) in [6, 6.07) is 9.04. The Labute approximate surface area is 172 Å². The number of para-hydroxylation sites is 2. The second-order valence-electron chi connectivity index (χ2n) is 6.46. The number of fused-ring (bicyclic) bond motifs is 1. The van der Waals surface area contributed by atoms with Crippen molar-refractivity contribution in [1.29, 1.82) is 5.26 Å². The molecule has 2 aromatic heterocycles. The van der Waals surface area contributed by atoms with Crippen molar-refractivity contribution < 1.29 is 24.2 Å². The minimum Gasteiger partial charge on any atom is -0.507 e. The highest BCUT2D eigenvalue weighted by Gasteiger charge is 2.24. The van der Waals surface area contributed by atoms with Gasteiger partial charge >= 0.3 is 11.9 Å². The summed E-state index contributed by atoms with van der Waals surface area (Å²) in [5.41, 5.74) is 2.37. The number of aliphatic hydroxyl groups excluding tert-OH is 1. The molecule has 0 bridgehead atoms. The molecule has 0 amide bonds. The Kier molecular flexibility index (Phi) is 5.88. The molecular formula is C21H20N4O5. The molecule has 0 saturated heterocycles. The van der Waals surface area contributed by atoms with Crippen molar-refractivity contribution in [1.82, 2.24) is 15.0 Å². The monoisotopic (exact) mass is 408 g/mol. The smallest absolute Gasteiger partial charge is 0.355 e. The molecule has 3 N–H and O–H groups in total. The van der Waals surface area contributed by atoms with Gasteiger partial charge in [0.1, 0.15) is 23.9 Å². The first-order valence-corrected chi connectivity index (χ1v) is 9.18. The van der Waals surface area contributed by atoms with Crippen molar-refractivity contribution in [3.8, 4) is 6.07 Å². The summed E-state index contributed by atoms with van der Waals surface area (Å²) in [5, 5.41) is 19.8. The number of nitrogens with one attached hydrogen (secondary N) is 2. The van der Waals surface area contributed by atoms with Crippen molar-refractivity contribution in [3.63, 3.8) is 0 Å². The van der Waals surface area contributed by atoms with E-state index in [9.17, 15) is 20.0 Å². The van der Waals surface area contributed by atoms with E-state index in [1.807, 2.05) is 12.1 Å². The van der Waals surface area contributed by atoms with Crippen LogP contribution >= 0.6 is 0 Å². The van der Waals surface area contributed by atoms with Crippen LogP contribution in [0.2, 0.25) is 0 Å². The van der Waals surface area contributed by atoms with Gasteiger partial charge in [-0.1, -0.05) is 12.1 Å². The number of imidazole rings is 1. The van der Waals surface area contributed by atoms with E-state index >= 15 is 0 Å². The number of H-pyrrole nitrogens is 2. The van der Waals surface area contributed by atoms with Crippen molar-refractivity contribution in [2.24, 2.45) is 0 Å². The van der Waals surface area contributed by atoms with E-state index in [0.717, 1.165) is 0 Å². The highest BCUT2D eigenvalue weighted by molar-refractivity contribution is 5.98. The maximum Gasteiger partial charge on any atom is 0.355 e. The molecule has 0 aliphatic heterocycles. The van der Waals surface area contributed by atoms with Gasteiger partial charge in [-0.25, -0.2) is 14.6 Å². The summed E-state index contributed by atoms with van der Waals surface area (Å²) in [5.74, 6) is -1.59. The van der Waals surface area contributed by atoms with E-state index in [-0.39, 0.29) is 29.3 Å². The summed E-state index contributed by atoms with van der Waals surface area (Å²) in [6.45, 7) is 4.57. The molecule has 0 aliphatic rings. The lowest BCUT2D eigenvalue weighted by Crippen LogP contribution is -2.11. The van der Waals surface area contributed by atoms with Crippen molar-refractivity contribution in [2.75, 3.05) is 13.2 Å². The lowest BCUT2D eigenvalue weighted by Gasteiger charge is -2.06. The molecule has 3 aromatic rings. The molecule has 1 aromatic carbocycles. The number of carbonyl (C=O) groups is 2. The number of rotatable bonds is 6. The third-order valence-electron chi connectivity index (χ3n) is 4.49. The van der Waals surface area contributed by atoms with E-state index < -0.39 is 24.3 Å². The Bertz CT molecular complexity index is 1160.